The van der Waals surface area contributed by atoms with Crippen LogP contribution in [0, 0.1) is 5.82 Å². The lowest BCUT2D eigenvalue weighted by Crippen LogP contribution is -2.17. The summed E-state index contributed by atoms with van der Waals surface area (Å²) in [5, 5.41) is 0. The van der Waals surface area contributed by atoms with Crippen LogP contribution >= 0.6 is 0 Å². The summed E-state index contributed by atoms with van der Waals surface area (Å²) >= 11 is 0. The zero-order valence-corrected chi connectivity index (χ0v) is 14.8. The van der Waals surface area contributed by atoms with Crippen LogP contribution < -0.4 is 5.73 Å². The topological polar surface area (TPSA) is 86.5 Å². The molecule has 0 saturated heterocycles. The fourth-order valence-corrected chi connectivity index (χ4v) is 3.62. The maximum absolute atomic E-state index is 14.1. The van der Waals surface area contributed by atoms with Gasteiger partial charge in [0.1, 0.15) is 5.82 Å². The number of esters is 1. The number of ether oxygens (including phenoxy) is 1. The summed E-state index contributed by atoms with van der Waals surface area (Å²) in [6, 6.07) is 9.39. The first-order valence-corrected chi connectivity index (χ1v) is 9.30. The summed E-state index contributed by atoms with van der Waals surface area (Å²) in [5.74, 6) is -1.77. The lowest BCUT2D eigenvalue weighted by Gasteiger charge is -2.09. The van der Waals surface area contributed by atoms with E-state index < -0.39 is 21.6 Å². The van der Waals surface area contributed by atoms with Gasteiger partial charge in [-0.2, -0.15) is 0 Å². The predicted octanol–water partition coefficient (Wildman–Crippen LogP) is 2.72. The third kappa shape index (κ3) is 4.43. The molecule has 7 heteroatoms. The monoisotopic (exact) mass is 365 g/mol. The molecule has 25 heavy (non-hydrogen) atoms. The van der Waals surface area contributed by atoms with Gasteiger partial charge >= 0.3 is 5.97 Å². The Balaban J connectivity index is 2.33. The molecule has 2 N–H and O–H groups in total. The minimum atomic E-state index is -3.88. The van der Waals surface area contributed by atoms with Crippen LogP contribution in [0.5, 0.6) is 0 Å². The number of halogens is 1. The maximum atomic E-state index is 14.1. The molecular weight excluding hydrogens is 345 g/mol. The van der Waals surface area contributed by atoms with Gasteiger partial charge in [-0.15, -0.1) is 0 Å². The van der Waals surface area contributed by atoms with Crippen molar-refractivity contribution in [2.75, 3.05) is 6.61 Å². The minimum absolute atomic E-state index is 0.0352. The van der Waals surface area contributed by atoms with Crippen molar-refractivity contribution < 1.29 is 22.3 Å². The second-order valence-electron chi connectivity index (χ2n) is 5.69. The summed E-state index contributed by atoms with van der Waals surface area (Å²) in [5.41, 5.74) is 6.33. The van der Waals surface area contributed by atoms with Gasteiger partial charge in [0, 0.05) is 6.04 Å². The van der Waals surface area contributed by atoms with Gasteiger partial charge in [-0.3, -0.25) is 0 Å². The number of sulfone groups is 1. The second kappa shape index (κ2) is 7.76. The Labute approximate surface area is 146 Å². The molecule has 0 bridgehead atoms. The highest BCUT2D eigenvalue weighted by Crippen LogP contribution is 2.23. The fraction of sp³-hybridized carbons (Fsp3) is 0.278. The third-order valence-electron chi connectivity index (χ3n) is 3.54. The zero-order chi connectivity index (χ0) is 18.6. The van der Waals surface area contributed by atoms with Gasteiger partial charge in [-0.25, -0.2) is 17.6 Å². The van der Waals surface area contributed by atoms with Crippen molar-refractivity contribution >= 4 is 15.8 Å². The molecule has 134 valence electrons. The van der Waals surface area contributed by atoms with Crippen LogP contribution in [-0.4, -0.2) is 27.0 Å². The maximum Gasteiger partial charge on any atom is 0.341 e. The van der Waals surface area contributed by atoms with E-state index in [1.807, 2.05) is 6.92 Å². The Kier molecular flexibility index (Phi) is 5.92. The van der Waals surface area contributed by atoms with Gasteiger partial charge in [-0.1, -0.05) is 12.1 Å². The molecule has 0 unspecified atom stereocenters. The summed E-state index contributed by atoms with van der Waals surface area (Å²) < 4.78 is 44.1. The number of nitrogens with two attached hydrogens (primary N) is 1. The van der Waals surface area contributed by atoms with Crippen molar-refractivity contribution in [1.29, 1.82) is 0 Å². The second-order valence-corrected chi connectivity index (χ2v) is 7.64. The largest absolute Gasteiger partial charge is 0.462 e. The number of carbonyl (C=O) groups excluding carboxylic acids is 1. The highest BCUT2D eigenvalue weighted by Gasteiger charge is 2.21. The van der Waals surface area contributed by atoms with E-state index in [4.69, 9.17) is 10.5 Å². The molecule has 0 spiro atoms. The number of rotatable bonds is 6. The standard InChI is InChI=1S/C18H20FNO4S/c1-3-24-18(21)16-9-8-15(11-17(16)19)25(22,23)14-6-4-13(5-7-14)10-12(2)20/h4-9,11-12H,3,10,20H2,1-2H3/t12-/m1/s1. The third-order valence-corrected chi connectivity index (χ3v) is 5.30. The summed E-state index contributed by atoms with van der Waals surface area (Å²) in [6.07, 6.45) is 0.628. The molecule has 2 aromatic rings. The van der Waals surface area contributed by atoms with Crippen LogP contribution in [0.25, 0.3) is 0 Å². The molecule has 0 aliphatic heterocycles. The molecule has 0 aromatic heterocycles. The first-order chi connectivity index (χ1) is 11.8. The van der Waals surface area contributed by atoms with Crippen molar-refractivity contribution in [1.82, 2.24) is 0 Å². The minimum Gasteiger partial charge on any atom is -0.462 e. The quantitative estimate of drug-likeness (QED) is 0.796. The van der Waals surface area contributed by atoms with Crippen LogP contribution in [0.15, 0.2) is 52.3 Å². The fourth-order valence-electron chi connectivity index (χ4n) is 2.35. The smallest absolute Gasteiger partial charge is 0.341 e. The van der Waals surface area contributed by atoms with E-state index in [-0.39, 0.29) is 28.0 Å². The van der Waals surface area contributed by atoms with Crippen LogP contribution in [0.3, 0.4) is 0 Å². The number of hydrogen-bond acceptors (Lipinski definition) is 5. The predicted molar refractivity (Wildman–Crippen MR) is 91.6 cm³/mol. The highest BCUT2D eigenvalue weighted by atomic mass is 32.2. The molecule has 0 heterocycles. The molecular formula is C18H20FNO4S. The molecule has 0 aliphatic carbocycles. The van der Waals surface area contributed by atoms with Crippen LogP contribution in [0.2, 0.25) is 0 Å². The normalized spacial score (nSPS) is 12.6. The average molecular weight is 365 g/mol. The first-order valence-electron chi connectivity index (χ1n) is 7.82. The van der Waals surface area contributed by atoms with Crippen molar-refractivity contribution in [3.8, 4) is 0 Å². The molecule has 2 rings (SSSR count). The van der Waals surface area contributed by atoms with Gasteiger partial charge in [-0.05, 0) is 56.2 Å². The Morgan fingerprint density at radius 1 is 1.16 bits per heavy atom. The van der Waals surface area contributed by atoms with Gasteiger partial charge in [0.2, 0.25) is 9.84 Å². The SMILES string of the molecule is CCOC(=O)c1ccc(S(=O)(=O)c2ccc(C[C@@H](C)N)cc2)cc1F. The van der Waals surface area contributed by atoms with Crippen molar-refractivity contribution in [2.45, 2.75) is 36.1 Å². The number of hydrogen-bond donors (Lipinski definition) is 1. The molecule has 1 atom stereocenters. The van der Waals surface area contributed by atoms with E-state index >= 15 is 0 Å². The molecule has 0 saturated carbocycles. The Morgan fingerprint density at radius 3 is 2.28 bits per heavy atom. The van der Waals surface area contributed by atoms with Gasteiger partial charge in [0.25, 0.3) is 0 Å². The van der Waals surface area contributed by atoms with E-state index in [1.165, 1.54) is 18.2 Å². The van der Waals surface area contributed by atoms with Crippen molar-refractivity contribution in [3.63, 3.8) is 0 Å². The molecule has 0 amide bonds. The lowest BCUT2D eigenvalue weighted by atomic mass is 10.1. The van der Waals surface area contributed by atoms with E-state index in [9.17, 15) is 17.6 Å². The number of carbonyl (C=O) groups is 1. The highest BCUT2D eigenvalue weighted by molar-refractivity contribution is 7.91. The molecule has 5 nitrogen and oxygen atoms in total. The molecule has 0 radical (unpaired) electrons. The Bertz CT molecular complexity index is 861. The molecule has 0 fully saturated rings. The number of benzene rings is 2. The molecule has 0 aliphatic rings. The summed E-state index contributed by atoms with van der Waals surface area (Å²) in [6.45, 7) is 3.56. The van der Waals surface area contributed by atoms with Crippen molar-refractivity contribution in [3.05, 3.63) is 59.4 Å². The lowest BCUT2D eigenvalue weighted by molar-refractivity contribution is 0.0521. The summed E-state index contributed by atoms with van der Waals surface area (Å²) in [7, 11) is -3.88. The van der Waals surface area contributed by atoms with Crippen LogP contribution in [0.4, 0.5) is 4.39 Å². The first kappa shape index (κ1) is 19.1. The van der Waals surface area contributed by atoms with E-state index in [1.54, 1.807) is 19.1 Å². The van der Waals surface area contributed by atoms with Crippen LogP contribution in [0.1, 0.15) is 29.8 Å². The Hall–Kier alpha value is -2.25. The van der Waals surface area contributed by atoms with E-state index in [2.05, 4.69) is 0 Å². The van der Waals surface area contributed by atoms with Crippen LogP contribution in [-0.2, 0) is 21.0 Å². The van der Waals surface area contributed by atoms with Gasteiger partial charge < -0.3 is 10.5 Å². The van der Waals surface area contributed by atoms with Gasteiger partial charge in [0.15, 0.2) is 0 Å². The Morgan fingerprint density at radius 2 is 1.76 bits per heavy atom. The van der Waals surface area contributed by atoms with Crippen molar-refractivity contribution in [2.24, 2.45) is 5.73 Å². The van der Waals surface area contributed by atoms with E-state index in [0.717, 1.165) is 17.7 Å². The average Bonchev–Trinajstić information content (AvgIpc) is 2.54. The zero-order valence-electron chi connectivity index (χ0n) is 14.0. The van der Waals surface area contributed by atoms with E-state index in [0.29, 0.717) is 6.42 Å². The molecule has 2 aromatic carbocycles. The van der Waals surface area contributed by atoms with Gasteiger partial charge in [0.05, 0.1) is 22.0 Å². The summed E-state index contributed by atoms with van der Waals surface area (Å²) in [4.78, 5) is 11.4.